The smallest absolute Gasteiger partial charge is 0.241 e. The Labute approximate surface area is 188 Å². The van der Waals surface area contributed by atoms with E-state index in [1.165, 1.54) is 0 Å². The Balaban J connectivity index is 1.60. The van der Waals surface area contributed by atoms with E-state index in [1.54, 1.807) is 35.4 Å². The summed E-state index contributed by atoms with van der Waals surface area (Å²) in [5, 5.41) is 0.598. The summed E-state index contributed by atoms with van der Waals surface area (Å²) in [6, 6.07) is 9.54. The molecule has 3 heterocycles. The van der Waals surface area contributed by atoms with E-state index in [0.717, 1.165) is 11.9 Å². The zero-order chi connectivity index (χ0) is 22.9. The van der Waals surface area contributed by atoms with Gasteiger partial charge in [0, 0.05) is 42.9 Å². The molecule has 3 atom stereocenters. The van der Waals surface area contributed by atoms with Gasteiger partial charge in [-0.2, -0.15) is 4.72 Å². The van der Waals surface area contributed by atoms with Gasteiger partial charge >= 0.3 is 0 Å². The number of aromatic nitrogens is 2. The highest BCUT2D eigenvalue weighted by Gasteiger charge is 2.33. The summed E-state index contributed by atoms with van der Waals surface area (Å²) in [6.07, 6.45) is 4.76. The number of nitrogens with one attached hydrogen (secondary N) is 2. The number of nitrogen functional groups attached to an aromatic ring is 1. The summed E-state index contributed by atoms with van der Waals surface area (Å²) in [5.41, 5.74) is 6.70. The van der Waals surface area contributed by atoms with Gasteiger partial charge in [-0.1, -0.05) is 19.9 Å². The molecular weight excluding hydrogens is 426 g/mol. The van der Waals surface area contributed by atoms with Gasteiger partial charge < -0.3 is 20.2 Å². The van der Waals surface area contributed by atoms with Crippen molar-refractivity contribution in [2.24, 2.45) is 11.8 Å². The molecule has 8 nitrogen and oxygen atoms in total. The Morgan fingerprint density at radius 1 is 1.22 bits per heavy atom. The van der Waals surface area contributed by atoms with Crippen LogP contribution in [-0.2, 0) is 21.4 Å². The second-order valence-corrected chi connectivity index (χ2v) is 10.5. The van der Waals surface area contributed by atoms with Crippen LogP contribution in [0.2, 0.25) is 0 Å². The molecule has 172 valence electrons. The summed E-state index contributed by atoms with van der Waals surface area (Å²) in [7, 11) is -3.92. The molecule has 1 amide bonds. The third-order valence-electron chi connectivity index (χ3n) is 6.61. The molecule has 0 bridgehead atoms. The molecule has 3 aromatic rings. The summed E-state index contributed by atoms with van der Waals surface area (Å²) >= 11 is 0. The average Bonchev–Trinajstić information content (AvgIpc) is 3.41. The number of anilines is 1. The fourth-order valence-electron chi connectivity index (χ4n) is 4.36. The Morgan fingerprint density at radius 3 is 2.75 bits per heavy atom. The topological polar surface area (TPSA) is 113 Å². The molecule has 1 aromatic carbocycles. The number of likely N-dealkylation sites (tertiary alicyclic amines) is 1. The normalized spacial score (nSPS) is 20.5. The number of nitrogens with two attached hydrogens (primary N) is 1. The second-order valence-electron chi connectivity index (χ2n) is 8.81. The van der Waals surface area contributed by atoms with Crippen LogP contribution < -0.4 is 10.5 Å². The SMILES string of the molecule is CC1CCN(C(=O)C(CCn2cccc2N)NS(=O)(=O)c2cccc3[nH]ccc23)CC1C. The quantitative estimate of drug-likeness (QED) is 0.506. The Morgan fingerprint density at radius 2 is 2.03 bits per heavy atom. The molecule has 3 unspecified atom stereocenters. The zero-order valence-corrected chi connectivity index (χ0v) is 19.3. The molecule has 1 aliphatic rings. The van der Waals surface area contributed by atoms with Crippen LogP contribution >= 0.6 is 0 Å². The highest BCUT2D eigenvalue weighted by molar-refractivity contribution is 7.89. The molecule has 32 heavy (non-hydrogen) atoms. The number of benzene rings is 1. The van der Waals surface area contributed by atoms with Gasteiger partial charge in [-0.25, -0.2) is 8.42 Å². The summed E-state index contributed by atoms with van der Waals surface area (Å²) in [6.45, 7) is 6.04. The van der Waals surface area contributed by atoms with Crippen molar-refractivity contribution in [2.75, 3.05) is 18.8 Å². The number of aromatic amines is 1. The van der Waals surface area contributed by atoms with E-state index in [9.17, 15) is 13.2 Å². The third kappa shape index (κ3) is 4.54. The first-order valence-electron chi connectivity index (χ1n) is 11.0. The summed E-state index contributed by atoms with van der Waals surface area (Å²) in [4.78, 5) is 18.5. The molecule has 4 rings (SSSR count). The van der Waals surface area contributed by atoms with Crippen LogP contribution in [0, 0.1) is 11.8 Å². The fourth-order valence-corrected chi connectivity index (χ4v) is 5.80. The summed E-state index contributed by atoms with van der Waals surface area (Å²) < 4.78 is 31.2. The standard InChI is InChI=1S/C23H31N5O3S/c1-16-9-13-28(15-17(16)2)23(29)20(10-14-27-12-4-7-22(27)24)26-32(30,31)21-6-3-5-19-18(21)8-11-25-19/h3-8,11-12,16-17,20,25-26H,9-10,13-15,24H2,1-2H3. The Bertz CT molecular complexity index is 1200. The maximum absolute atomic E-state index is 13.5. The van der Waals surface area contributed by atoms with Crippen LogP contribution in [0.25, 0.3) is 10.9 Å². The van der Waals surface area contributed by atoms with Crippen LogP contribution in [0.4, 0.5) is 5.82 Å². The van der Waals surface area contributed by atoms with Crippen molar-refractivity contribution in [2.45, 2.75) is 44.2 Å². The Hall–Kier alpha value is -2.78. The average molecular weight is 458 g/mol. The summed E-state index contributed by atoms with van der Waals surface area (Å²) in [5.74, 6) is 1.31. The molecule has 1 saturated heterocycles. The van der Waals surface area contributed by atoms with Crippen molar-refractivity contribution in [1.29, 1.82) is 0 Å². The van der Waals surface area contributed by atoms with Gasteiger partial charge in [0.15, 0.2) is 0 Å². The number of aryl methyl sites for hydroxylation is 1. The zero-order valence-electron chi connectivity index (χ0n) is 18.5. The lowest BCUT2D eigenvalue weighted by Crippen LogP contribution is -2.52. The lowest BCUT2D eigenvalue weighted by atomic mass is 9.88. The number of sulfonamides is 1. The van der Waals surface area contributed by atoms with E-state index < -0.39 is 16.1 Å². The van der Waals surface area contributed by atoms with Gasteiger partial charge in [0.2, 0.25) is 15.9 Å². The number of hydrogen-bond donors (Lipinski definition) is 3. The van der Waals surface area contributed by atoms with Crippen LogP contribution in [-0.4, -0.2) is 47.9 Å². The van der Waals surface area contributed by atoms with Crippen molar-refractivity contribution in [1.82, 2.24) is 19.2 Å². The number of nitrogens with zero attached hydrogens (tertiary/aromatic N) is 2. The molecule has 0 spiro atoms. The Kier molecular flexibility index (Phi) is 6.30. The molecular formula is C23H31N5O3S. The molecule has 2 aromatic heterocycles. The monoisotopic (exact) mass is 457 g/mol. The van der Waals surface area contributed by atoms with Crippen molar-refractivity contribution in [3.63, 3.8) is 0 Å². The minimum atomic E-state index is -3.92. The number of amides is 1. The van der Waals surface area contributed by atoms with E-state index in [4.69, 9.17) is 5.73 Å². The lowest BCUT2D eigenvalue weighted by molar-refractivity contribution is -0.135. The largest absolute Gasteiger partial charge is 0.385 e. The van der Waals surface area contributed by atoms with Crippen molar-refractivity contribution in [3.05, 3.63) is 48.8 Å². The number of hydrogen-bond acceptors (Lipinski definition) is 4. The number of piperidine rings is 1. The van der Waals surface area contributed by atoms with Crippen molar-refractivity contribution < 1.29 is 13.2 Å². The highest BCUT2D eigenvalue weighted by atomic mass is 32.2. The van der Waals surface area contributed by atoms with Crippen molar-refractivity contribution in [3.8, 4) is 0 Å². The van der Waals surface area contributed by atoms with Gasteiger partial charge in [0.05, 0.1) is 4.90 Å². The maximum atomic E-state index is 13.5. The molecule has 1 fully saturated rings. The molecule has 0 aliphatic carbocycles. The van der Waals surface area contributed by atoms with Gasteiger partial charge in [-0.3, -0.25) is 4.79 Å². The number of rotatable bonds is 7. The van der Waals surface area contributed by atoms with Crippen LogP contribution in [0.5, 0.6) is 0 Å². The predicted molar refractivity (Wildman–Crippen MR) is 125 cm³/mol. The van der Waals surface area contributed by atoms with Crippen molar-refractivity contribution >= 4 is 32.7 Å². The molecule has 9 heteroatoms. The van der Waals surface area contributed by atoms with E-state index in [2.05, 4.69) is 23.6 Å². The fraction of sp³-hybridized carbons (Fsp3) is 0.435. The molecule has 0 radical (unpaired) electrons. The first-order chi connectivity index (χ1) is 15.3. The van der Waals surface area contributed by atoms with Crippen LogP contribution in [0.1, 0.15) is 26.7 Å². The first kappa shape index (κ1) is 22.4. The number of H-pyrrole nitrogens is 1. The minimum absolute atomic E-state index is 0.162. The molecule has 4 N–H and O–H groups in total. The first-order valence-corrected chi connectivity index (χ1v) is 12.5. The van der Waals surface area contributed by atoms with Gasteiger partial charge in [-0.15, -0.1) is 0 Å². The molecule has 0 saturated carbocycles. The maximum Gasteiger partial charge on any atom is 0.241 e. The number of fused-ring (bicyclic) bond motifs is 1. The molecule has 1 aliphatic heterocycles. The minimum Gasteiger partial charge on any atom is -0.385 e. The lowest BCUT2D eigenvalue weighted by Gasteiger charge is -2.37. The number of carbonyl (C=O) groups is 1. The van der Waals surface area contributed by atoms with Crippen LogP contribution in [0.3, 0.4) is 0 Å². The van der Waals surface area contributed by atoms with Gasteiger partial charge in [-0.05, 0) is 55.0 Å². The second kappa shape index (κ2) is 8.99. The highest BCUT2D eigenvalue weighted by Crippen LogP contribution is 2.25. The van der Waals surface area contributed by atoms with E-state index >= 15 is 0 Å². The van der Waals surface area contributed by atoms with E-state index in [0.29, 0.717) is 49.1 Å². The van der Waals surface area contributed by atoms with E-state index in [-0.39, 0.29) is 10.8 Å². The van der Waals surface area contributed by atoms with Gasteiger partial charge in [0.1, 0.15) is 11.9 Å². The van der Waals surface area contributed by atoms with Gasteiger partial charge in [0.25, 0.3) is 0 Å². The number of carbonyl (C=O) groups excluding carboxylic acids is 1. The van der Waals surface area contributed by atoms with E-state index in [1.807, 2.05) is 22.9 Å². The predicted octanol–water partition coefficient (Wildman–Crippen LogP) is 2.79. The third-order valence-corrected chi connectivity index (χ3v) is 8.14. The van der Waals surface area contributed by atoms with Crippen LogP contribution in [0.15, 0.2) is 53.7 Å².